The molecule has 0 aliphatic carbocycles. The van der Waals surface area contributed by atoms with Crippen molar-refractivity contribution in [2.24, 2.45) is 5.92 Å². The van der Waals surface area contributed by atoms with Gasteiger partial charge in [0.1, 0.15) is 0 Å². The minimum Gasteiger partial charge on any atom is -0.391 e. The maximum Gasteiger partial charge on any atom is 0.220 e. The van der Waals surface area contributed by atoms with Gasteiger partial charge in [-0.2, -0.15) is 0 Å². The number of aliphatic hydroxyl groups excluding tert-OH is 1. The predicted molar refractivity (Wildman–Crippen MR) is 78.5 cm³/mol. The van der Waals surface area contributed by atoms with Crippen LogP contribution in [0.2, 0.25) is 0 Å². The second-order valence-electron chi connectivity index (χ2n) is 5.05. The van der Waals surface area contributed by atoms with Gasteiger partial charge in [0.2, 0.25) is 5.91 Å². The monoisotopic (exact) mass is 277 g/mol. The highest BCUT2D eigenvalue weighted by atomic mass is 16.3. The lowest BCUT2D eigenvalue weighted by Crippen LogP contribution is -2.35. The first-order chi connectivity index (χ1) is 9.54. The van der Waals surface area contributed by atoms with Gasteiger partial charge in [-0.15, -0.1) is 0 Å². The van der Waals surface area contributed by atoms with Gasteiger partial charge in [0.15, 0.2) is 5.78 Å². The Balaban J connectivity index is 2.28. The van der Waals surface area contributed by atoms with Crippen molar-refractivity contribution < 1.29 is 14.7 Å². The third-order valence-electron chi connectivity index (χ3n) is 3.48. The zero-order valence-electron chi connectivity index (χ0n) is 12.1. The van der Waals surface area contributed by atoms with Crippen LogP contribution < -0.4 is 5.32 Å². The Hall–Kier alpha value is -1.68. The van der Waals surface area contributed by atoms with Crippen molar-refractivity contribution in [1.82, 2.24) is 5.32 Å². The summed E-state index contributed by atoms with van der Waals surface area (Å²) in [5.74, 6) is -0.0823. The molecule has 0 aliphatic heterocycles. The van der Waals surface area contributed by atoms with Gasteiger partial charge >= 0.3 is 0 Å². The van der Waals surface area contributed by atoms with Crippen LogP contribution in [0.5, 0.6) is 0 Å². The Bertz CT molecular complexity index is 431. The van der Waals surface area contributed by atoms with Crippen molar-refractivity contribution >= 4 is 11.7 Å². The van der Waals surface area contributed by atoms with Crippen molar-refractivity contribution in [3.05, 3.63) is 35.9 Å². The van der Waals surface area contributed by atoms with Gasteiger partial charge in [-0.1, -0.05) is 50.6 Å². The molecule has 0 fully saturated rings. The summed E-state index contributed by atoms with van der Waals surface area (Å²) < 4.78 is 0. The molecule has 20 heavy (non-hydrogen) atoms. The van der Waals surface area contributed by atoms with E-state index in [1.807, 2.05) is 19.9 Å². The fraction of sp³-hybridized carbons (Fsp3) is 0.500. The smallest absolute Gasteiger partial charge is 0.220 e. The standard InChI is InChI=1S/C16H23NO3/c1-3-12(2)15(19)11-17-16(20)10-9-14(18)13-7-5-4-6-8-13/h4-8,12,15,19H,3,9-11H2,1-2H3,(H,17,20). The van der Waals surface area contributed by atoms with E-state index < -0.39 is 6.10 Å². The van der Waals surface area contributed by atoms with E-state index in [0.29, 0.717) is 5.56 Å². The molecule has 0 saturated carbocycles. The molecule has 110 valence electrons. The number of amides is 1. The average molecular weight is 277 g/mol. The highest BCUT2D eigenvalue weighted by Crippen LogP contribution is 2.07. The van der Waals surface area contributed by atoms with Crippen LogP contribution in [0.3, 0.4) is 0 Å². The number of nitrogens with one attached hydrogen (secondary N) is 1. The number of ketones is 1. The maximum absolute atomic E-state index is 11.8. The molecule has 0 heterocycles. The second-order valence-corrected chi connectivity index (χ2v) is 5.05. The maximum atomic E-state index is 11.8. The van der Waals surface area contributed by atoms with Gasteiger partial charge in [0, 0.05) is 24.9 Å². The minimum atomic E-state index is -0.534. The van der Waals surface area contributed by atoms with Crippen LogP contribution in [0.25, 0.3) is 0 Å². The Morgan fingerprint density at radius 2 is 1.85 bits per heavy atom. The zero-order chi connectivity index (χ0) is 15.0. The molecular formula is C16H23NO3. The van der Waals surface area contributed by atoms with E-state index in [1.54, 1.807) is 24.3 Å². The lowest BCUT2D eigenvalue weighted by Gasteiger charge is -2.17. The number of aliphatic hydroxyl groups is 1. The van der Waals surface area contributed by atoms with E-state index >= 15 is 0 Å². The van der Waals surface area contributed by atoms with Crippen LogP contribution in [0, 0.1) is 5.92 Å². The number of hydrogen-bond acceptors (Lipinski definition) is 3. The zero-order valence-corrected chi connectivity index (χ0v) is 12.1. The van der Waals surface area contributed by atoms with Crippen molar-refractivity contribution in [1.29, 1.82) is 0 Å². The van der Waals surface area contributed by atoms with E-state index in [2.05, 4.69) is 5.32 Å². The molecule has 2 unspecified atom stereocenters. The average Bonchev–Trinajstić information content (AvgIpc) is 2.50. The predicted octanol–water partition coefficient (Wildman–Crippen LogP) is 2.17. The summed E-state index contributed by atoms with van der Waals surface area (Å²) >= 11 is 0. The first kappa shape index (κ1) is 16.4. The molecule has 1 rings (SSSR count). The van der Waals surface area contributed by atoms with Crippen LogP contribution in [-0.2, 0) is 4.79 Å². The summed E-state index contributed by atoms with van der Waals surface area (Å²) in [5.41, 5.74) is 0.625. The number of hydrogen-bond donors (Lipinski definition) is 2. The molecule has 2 N–H and O–H groups in total. The summed E-state index contributed by atoms with van der Waals surface area (Å²) in [4.78, 5) is 23.4. The molecule has 2 atom stereocenters. The van der Waals surface area contributed by atoms with Crippen LogP contribution in [0.15, 0.2) is 30.3 Å². The molecule has 0 aromatic heterocycles. The first-order valence-corrected chi connectivity index (χ1v) is 7.07. The van der Waals surface area contributed by atoms with E-state index in [4.69, 9.17) is 0 Å². The van der Waals surface area contributed by atoms with Crippen molar-refractivity contribution in [3.8, 4) is 0 Å². The molecule has 0 bridgehead atoms. The van der Waals surface area contributed by atoms with Crippen LogP contribution in [0.4, 0.5) is 0 Å². The summed E-state index contributed by atoms with van der Waals surface area (Å²) in [6, 6.07) is 8.94. The number of Topliss-reactive ketones (excluding diaryl/α,β-unsaturated/α-hetero) is 1. The molecule has 0 spiro atoms. The van der Waals surface area contributed by atoms with E-state index in [0.717, 1.165) is 6.42 Å². The van der Waals surface area contributed by atoms with E-state index in [9.17, 15) is 14.7 Å². The van der Waals surface area contributed by atoms with E-state index in [-0.39, 0.29) is 37.0 Å². The third-order valence-corrected chi connectivity index (χ3v) is 3.48. The summed E-state index contributed by atoms with van der Waals surface area (Å²) in [5, 5.41) is 12.4. The Morgan fingerprint density at radius 1 is 1.20 bits per heavy atom. The Labute approximate surface area is 120 Å². The molecule has 1 aromatic rings. The SMILES string of the molecule is CCC(C)C(O)CNC(=O)CCC(=O)c1ccccc1. The lowest BCUT2D eigenvalue weighted by atomic mass is 10.0. The number of rotatable bonds is 8. The normalized spacial score (nSPS) is 13.6. The Kier molecular flexibility index (Phi) is 6.94. The van der Waals surface area contributed by atoms with Gasteiger partial charge < -0.3 is 10.4 Å². The molecular weight excluding hydrogens is 254 g/mol. The largest absolute Gasteiger partial charge is 0.391 e. The third kappa shape index (κ3) is 5.53. The molecule has 1 aromatic carbocycles. The fourth-order valence-electron chi connectivity index (χ4n) is 1.78. The van der Waals surface area contributed by atoms with Gasteiger partial charge in [0.25, 0.3) is 0 Å². The fourth-order valence-corrected chi connectivity index (χ4v) is 1.78. The van der Waals surface area contributed by atoms with Crippen LogP contribution in [0.1, 0.15) is 43.5 Å². The Morgan fingerprint density at radius 3 is 2.45 bits per heavy atom. The molecule has 0 radical (unpaired) electrons. The highest BCUT2D eigenvalue weighted by Gasteiger charge is 2.14. The molecule has 4 nitrogen and oxygen atoms in total. The molecule has 1 amide bonds. The van der Waals surface area contributed by atoms with Crippen molar-refractivity contribution in [2.75, 3.05) is 6.54 Å². The van der Waals surface area contributed by atoms with Crippen LogP contribution >= 0.6 is 0 Å². The summed E-state index contributed by atoms with van der Waals surface area (Å²) in [7, 11) is 0. The first-order valence-electron chi connectivity index (χ1n) is 7.07. The minimum absolute atomic E-state index is 0.0387. The lowest BCUT2D eigenvalue weighted by molar-refractivity contribution is -0.121. The van der Waals surface area contributed by atoms with Gasteiger partial charge in [-0.05, 0) is 5.92 Å². The highest BCUT2D eigenvalue weighted by molar-refractivity contribution is 5.97. The number of benzene rings is 1. The second kappa shape index (κ2) is 8.48. The molecule has 0 saturated heterocycles. The topological polar surface area (TPSA) is 66.4 Å². The van der Waals surface area contributed by atoms with E-state index in [1.165, 1.54) is 0 Å². The molecule has 0 aliphatic rings. The quantitative estimate of drug-likeness (QED) is 0.716. The van der Waals surface area contributed by atoms with Gasteiger partial charge in [-0.25, -0.2) is 0 Å². The van der Waals surface area contributed by atoms with Crippen molar-refractivity contribution in [3.63, 3.8) is 0 Å². The number of carbonyl (C=O) groups is 2. The summed E-state index contributed by atoms with van der Waals surface area (Å²) in [6.45, 7) is 4.18. The summed E-state index contributed by atoms with van der Waals surface area (Å²) in [6.07, 6.45) is 0.675. The van der Waals surface area contributed by atoms with Gasteiger partial charge in [-0.3, -0.25) is 9.59 Å². The van der Waals surface area contributed by atoms with Crippen LogP contribution in [-0.4, -0.2) is 29.4 Å². The van der Waals surface area contributed by atoms with Crippen molar-refractivity contribution in [2.45, 2.75) is 39.2 Å². The number of carbonyl (C=O) groups excluding carboxylic acids is 2. The van der Waals surface area contributed by atoms with Gasteiger partial charge in [0.05, 0.1) is 6.10 Å². The molecule has 4 heteroatoms.